The van der Waals surface area contributed by atoms with Crippen LogP contribution < -0.4 is 11.0 Å². The Bertz CT molecular complexity index is 761. The lowest BCUT2D eigenvalue weighted by Gasteiger charge is -2.22. The van der Waals surface area contributed by atoms with Crippen molar-refractivity contribution in [2.24, 2.45) is 0 Å². The second-order valence-electron chi connectivity index (χ2n) is 4.54. The maximum Gasteiger partial charge on any atom is 0.363 e. The van der Waals surface area contributed by atoms with Crippen molar-refractivity contribution >= 4 is 44.0 Å². The van der Waals surface area contributed by atoms with Gasteiger partial charge in [0, 0.05) is 0 Å². The lowest BCUT2D eigenvalue weighted by Crippen LogP contribution is -2.58. The van der Waals surface area contributed by atoms with E-state index in [-0.39, 0.29) is 0 Å². The fourth-order valence-electron chi connectivity index (χ4n) is 1.55. The molecule has 2 amide bonds. The van der Waals surface area contributed by atoms with E-state index in [1.165, 1.54) is 0 Å². The first-order valence-electron chi connectivity index (χ1n) is 5.97. The molecule has 0 spiro atoms. The number of amides is 2. The van der Waals surface area contributed by atoms with Gasteiger partial charge in [-0.2, -0.15) is 27.8 Å². The zero-order valence-corrected chi connectivity index (χ0v) is 13.6. The molecule has 4 atom stereocenters. The monoisotopic (exact) mass is 422 g/mol. The van der Waals surface area contributed by atoms with Crippen LogP contribution in [-0.2, 0) is 49.1 Å². The molecule has 4 unspecified atom stereocenters. The standard InChI is InChI=1S/C8H10N2O14S2/c11-1-2(12)8(16)24-10-6(14)4(26(20,21)22)3(25(17,18)19)5(13)9-23-7(1)15/h1-4,11-12H,(H,9,13)(H,10,14)(H,17,18,19)(H,20,21,22). The highest BCUT2D eigenvalue weighted by Crippen LogP contribution is 2.15. The number of aliphatic hydroxyl groups is 2. The van der Waals surface area contributed by atoms with Gasteiger partial charge in [0.15, 0.2) is 22.7 Å². The van der Waals surface area contributed by atoms with Gasteiger partial charge in [0.05, 0.1) is 0 Å². The van der Waals surface area contributed by atoms with Gasteiger partial charge in [-0.25, -0.2) is 9.59 Å². The van der Waals surface area contributed by atoms with Crippen molar-refractivity contribution < 1.29 is 65.0 Å². The third-order valence-electron chi connectivity index (χ3n) is 2.72. The van der Waals surface area contributed by atoms with Gasteiger partial charge in [0.25, 0.3) is 32.1 Å². The summed E-state index contributed by atoms with van der Waals surface area (Å²) in [5.74, 6) is -8.17. The van der Waals surface area contributed by atoms with E-state index in [1.54, 1.807) is 0 Å². The first kappa shape index (κ1) is 21.7. The summed E-state index contributed by atoms with van der Waals surface area (Å²) in [7, 11) is -11.5. The minimum absolute atomic E-state index is 0.989. The van der Waals surface area contributed by atoms with E-state index in [4.69, 9.17) is 9.11 Å². The summed E-state index contributed by atoms with van der Waals surface area (Å²) < 4.78 is 63.1. The molecule has 1 aliphatic heterocycles. The predicted octanol–water partition coefficient (Wildman–Crippen LogP) is -5.62. The molecule has 16 nitrogen and oxygen atoms in total. The van der Waals surface area contributed by atoms with Crippen LogP contribution in [0.2, 0.25) is 0 Å². The molecule has 148 valence electrons. The first-order valence-corrected chi connectivity index (χ1v) is 8.98. The number of hydroxylamine groups is 2. The minimum atomic E-state index is -5.74. The molecule has 0 saturated carbocycles. The van der Waals surface area contributed by atoms with Gasteiger partial charge in [-0.15, -0.1) is 0 Å². The molecule has 0 aliphatic carbocycles. The average Bonchev–Trinajstić information content (AvgIpc) is 2.49. The summed E-state index contributed by atoms with van der Waals surface area (Å²) in [4.78, 5) is 53.8. The molecule has 1 fully saturated rings. The molecule has 26 heavy (non-hydrogen) atoms. The number of hydrogen-bond acceptors (Lipinski definition) is 12. The molecule has 18 heteroatoms. The Morgan fingerprint density at radius 1 is 0.692 bits per heavy atom. The van der Waals surface area contributed by atoms with E-state index < -0.39 is 66.7 Å². The number of carbonyl (C=O) groups excluding carboxylic acids is 4. The van der Waals surface area contributed by atoms with Crippen LogP contribution in [0.4, 0.5) is 0 Å². The smallest absolute Gasteiger partial charge is 0.363 e. The highest BCUT2D eigenvalue weighted by Gasteiger charge is 2.51. The second-order valence-corrected chi connectivity index (χ2v) is 7.61. The van der Waals surface area contributed by atoms with Crippen LogP contribution >= 0.6 is 0 Å². The van der Waals surface area contributed by atoms with Crippen molar-refractivity contribution in [3.63, 3.8) is 0 Å². The van der Waals surface area contributed by atoms with Crippen molar-refractivity contribution in [3.8, 4) is 0 Å². The summed E-state index contributed by atoms with van der Waals surface area (Å²) in [5.41, 5.74) is 1.98. The fourth-order valence-corrected chi connectivity index (χ4v) is 3.91. The third kappa shape index (κ3) is 4.83. The van der Waals surface area contributed by atoms with Crippen LogP contribution in [0, 0.1) is 0 Å². The highest BCUT2D eigenvalue weighted by molar-refractivity contribution is 7.91. The van der Waals surface area contributed by atoms with Crippen LogP contribution in [0.1, 0.15) is 0 Å². The SMILES string of the molecule is O=C1ONC(=O)C(S(=O)(=O)O)C(S(=O)(=O)O)C(=O)NOC(=O)C(O)C1O. The molecule has 1 heterocycles. The van der Waals surface area contributed by atoms with E-state index in [1.807, 2.05) is 0 Å². The quantitative estimate of drug-likeness (QED) is 0.227. The van der Waals surface area contributed by atoms with Crippen molar-refractivity contribution in [2.45, 2.75) is 22.7 Å². The highest BCUT2D eigenvalue weighted by atomic mass is 32.2. The molecule has 0 aromatic carbocycles. The third-order valence-corrected chi connectivity index (χ3v) is 5.15. The second kappa shape index (κ2) is 7.47. The van der Waals surface area contributed by atoms with E-state index in [0.717, 1.165) is 11.0 Å². The molecule has 0 aromatic heterocycles. The van der Waals surface area contributed by atoms with Gasteiger partial charge >= 0.3 is 11.9 Å². The summed E-state index contributed by atoms with van der Waals surface area (Å²) in [6, 6.07) is 0. The normalized spacial score (nSPS) is 29.4. The summed E-state index contributed by atoms with van der Waals surface area (Å²) >= 11 is 0. The number of nitrogens with one attached hydrogen (secondary N) is 2. The topological polar surface area (TPSA) is 260 Å². The Labute approximate surface area is 143 Å². The van der Waals surface area contributed by atoms with Crippen LogP contribution in [0.25, 0.3) is 0 Å². The van der Waals surface area contributed by atoms with Gasteiger partial charge < -0.3 is 19.9 Å². The van der Waals surface area contributed by atoms with E-state index >= 15 is 0 Å². The predicted molar refractivity (Wildman–Crippen MR) is 71.2 cm³/mol. The van der Waals surface area contributed by atoms with Gasteiger partial charge in [0.1, 0.15) is 0 Å². The largest absolute Gasteiger partial charge is 0.379 e. The van der Waals surface area contributed by atoms with Crippen LogP contribution in [0.15, 0.2) is 0 Å². The van der Waals surface area contributed by atoms with Crippen molar-refractivity contribution in [3.05, 3.63) is 0 Å². The number of rotatable bonds is 2. The first-order chi connectivity index (χ1) is 11.7. The Kier molecular flexibility index (Phi) is 6.22. The molecule has 1 aliphatic rings. The van der Waals surface area contributed by atoms with Gasteiger partial charge in [0.2, 0.25) is 0 Å². The number of carbonyl (C=O) groups is 4. The molecule has 1 rings (SSSR count). The number of hydrogen-bond donors (Lipinski definition) is 6. The molecule has 1 saturated heterocycles. The van der Waals surface area contributed by atoms with Crippen molar-refractivity contribution in [1.82, 2.24) is 11.0 Å². The number of aliphatic hydroxyl groups excluding tert-OH is 2. The summed E-state index contributed by atoms with van der Waals surface area (Å²) in [6.07, 6.45) is -5.36. The van der Waals surface area contributed by atoms with E-state index in [9.17, 15) is 46.2 Å². The fraction of sp³-hybridized carbons (Fsp3) is 0.500. The summed E-state index contributed by atoms with van der Waals surface area (Å²) in [6.45, 7) is 0. The molecular weight excluding hydrogens is 412 g/mol. The molecule has 0 bridgehead atoms. The lowest BCUT2D eigenvalue weighted by molar-refractivity contribution is -0.184. The Hall–Kier alpha value is -2.38. The van der Waals surface area contributed by atoms with Crippen LogP contribution in [0.3, 0.4) is 0 Å². The van der Waals surface area contributed by atoms with E-state index in [0.29, 0.717) is 0 Å². The minimum Gasteiger partial charge on any atom is -0.379 e. The lowest BCUT2D eigenvalue weighted by atomic mass is 10.2. The van der Waals surface area contributed by atoms with E-state index in [2.05, 4.69) is 9.68 Å². The van der Waals surface area contributed by atoms with Gasteiger partial charge in [-0.1, -0.05) is 0 Å². The zero-order valence-electron chi connectivity index (χ0n) is 12.0. The maximum absolute atomic E-state index is 11.7. The van der Waals surface area contributed by atoms with Gasteiger partial charge in [-0.05, 0) is 0 Å². The Morgan fingerprint density at radius 2 is 0.962 bits per heavy atom. The maximum atomic E-state index is 11.7. The van der Waals surface area contributed by atoms with Crippen LogP contribution in [0.5, 0.6) is 0 Å². The average molecular weight is 422 g/mol. The van der Waals surface area contributed by atoms with Crippen molar-refractivity contribution in [1.29, 1.82) is 0 Å². The zero-order chi connectivity index (χ0) is 20.4. The summed E-state index contributed by atoms with van der Waals surface area (Å²) in [5, 5.41) is 12.0. The molecule has 6 N–H and O–H groups in total. The van der Waals surface area contributed by atoms with Crippen molar-refractivity contribution in [2.75, 3.05) is 0 Å². The Morgan fingerprint density at radius 3 is 1.19 bits per heavy atom. The van der Waals surface area contributed by atoms with Gasteiger partial charge in [-0.3, -0.25) is 18.7 Å². The molecular formula is C8H10N2O14S2. The Balaban J connectivity index is 3.46. The molecule has 0 radical (unpaired) electrons. The molecule has 0 aromatic rings. The van der Waals surface area contributed by atoms with Crippen LogP contribution in [-0.4, -0.2) is 82.6 Å².